The summed E-state index contributed by atoms with van der Waals surface area (Å²) in [5, 5.41) is 16.6. The molecule has 1 aromatic rings. The normalized spacial score (nSPS) is 33.1. The Labute approximate surface area is 287 Å². The number of piperidine rings is 1. The zero-order valence-electron chi connectivity index (χ0n) is 29.6. The first kappa shape index (κ1) is 35.1. The van der Waals surface area contributed by atoms with Gasteiger partial charge in [0.2, 0.25) is 5.91 Å². The highest BCUT2D eigenvalue weighted by molar-refractivity contribution is 5.82. The van der Waals surface area contributed by atoms with E-state index in [0.717, 1.165) is 44.8 Å². The van der Waals surface area contributed by atoms with Gasteiger partial charge < -0.3 is 19.7 Å². The number of fused-ring (bicyclic) bond motifs is 2. The first-order chi connectivity index (χ1) is 23.2. The Morgan fingerprint density at radius 3 is 2.52 bits per heavy atom. The second-order valence-electron chi connectivity index (χ2n) is 15.5. The van der Waals surface area contributed by atoms with Crippen LogP contribution in [0, 0.1) is 42.9 Å². The van der Waals surface area contributed by atoms with E-state index >= 15 is 0 Å². The summed E-state index contributed by atoms with van der Waals surface area (Å²) in [5.74, 6) is 1.61. The molecule has 0 spiro atoms. The van der Waals surface area contributed by atoms with E-state index in [1.165, 1.54) is 61.6 Å². The van der Waals surface area contributed by atoms with E-state index in [1.54, 1.807) is 0 Å². The van der Waals surface area contributed by atoms with Gasteiger partial charge in [-0.1, -0.05) is 35.7 Å². The summed E-state index contributed by atoms with van der Waals surface area (Å²) in [6, 6.07) is 8.86. The minimum absolute atomic E-state index is 0.187. The number of hydrogen-bond donors (Lipinski definition) is 2. The molecule has 264 valence electrons. The van der Waals surface area contributed by atoms with Crippen molar-refractivity contribution in [2.45, 2.75) is 122 Å². The molecule has 1 aromatic carbocycles. The summed E-state index contributed by atoms with van der Waals surface area (Å²) >= 11 is 0. The second kappa shape index (κ2) is 15.9. The molecule has 10 heteroatoms. The number of nitrogens with zero attached hydrogens (tertiary/aromatic N) is 4. The maximum absolute atomic E-state index is 13.9. The lowest BCUT2D eigenvalue weighted by Gasteiger charge is -2.35. The Hall–Kier alpha value is -2.71. The minimum Gasteiger partial charge on any atom is -0.449 e. The molecule has 2 saturated carbocycles. The molecule has 2 N–H and O–H groups in total. The molecule has 3 saturated heterocycles. The van der Waals surface area contributed by atoms with Crippen LogP contribution in [0.3, 0.4) is 0 Å². The highest BCUT2D eigenvalue weighted by atomic mass is 16.5. The van der Waals surface area contributed by atoms with E-state index in [4.69, 9.17) is 9.47 Å². The predicted molar refractivity (Wildman–Crippen MR) is 185 cm³/mol. The van der Waals surface area contributed by atoms with E-state index in [0.29, 0.717) is 51.0 Å². The molecule has 3 aliphatic heterocycles. The Kier molecular flexibility index (Phi) is 11.6. The smallest absolute Gasteiger partial charge is 0.409 e. The van der Waals surface area contributed by atoms with Crippen molar-refractivity contribution < 1.29 is 19.1 Å². The van der Waals surface area contributed by atoms with Crippen molar-refractivity contribution in [1.29, 1.82) is 5.26 Å². The summed E-state index contributed by atoms with van der Waals surface area (Å²) in [6.45, 7) is 11.6. The molecule has 6 rings (SSSR count). The first-order valence-corrected chi connectivity index (χ1v) is 18.8. The van der Waals surface area contributed by atoms with Crippen LogP contribution in [0.25, 0.3) is 0 Å². The molecule has 2 aliphatic carbocycles. The number of hydrogen-bond acceptors (Lipinski definition) is 8. The average Bonchev–Trinajstić information content (AvgIpc) is 3.60. The van der Waals surface area contributed by atoms with E-state index in [1.807, 2.05) is 11.8 Å². The van der Waals surface area contributed by atoms with Crippen LogP contribution in [0.2, 0.25) is 0 Å². The van der Waals surface area contributed by atoms with Crippen molar-refractivity contribution in [1.82, 2.24) is 25.3 Å². The van der Waals surface area contributed by atoms with Crippen LogP contribution < -0.4 is 10.6 Å². The Morgan fingerprint density at radius 1 is 1.04 bits per heavy atom. The standard InChI is InChI=1S/C38H58N6O4/c1-27-20-28(2)22-31(21-27)23-30-8-10-32(11-9-30)33-12-13-38(24-33,26-39)41-35(45)29(3)44-34-25-43(17-19-47-34)36(44)40-37(46)48-18-7-16-42-14-5-4-6-15-42/h20-22,29-30,32-34,36H,4-19,23-25H2,1-3H3,(H,40,46)(H,41,45). The van der Waals surface area contributed by atoms with E-state index in [2.05, 4.69) is 58.5 Å². The SMILES string of the molecule is Cc1cc(C)cc(CC2CCC(C3CCC(C#N)(NC(=O)C(C)N4C5CN(CCO5)C4NC(=O)OCCCN4CCCCC4)C3)CC2)c1. The molecule has 6 unspecified atom stereocenters. The van der Waals surface area contributed by atoms with Crippen LogP contribution in [0.4, 0.5) is 4.79 Å². The van der Waals surface area contributed by atoms with Gasteiger partial charge in [0.05, 0.1) is 25.3 Å². The van der Waals surface area contributed by atoms with Crippen molar-refractivity contribution in [3.05, 3.63) is 34.9 Å². The predicted octanol–water partition coefficient (Wildman–Crippen LogP) is 5.08. The number of morpholine rings is 1. The van der Waals surface area contributed by atoms with Gasteiger partial charge in [0.1, 0.15) is 18.1 Å². The third-order valence-corrected chi connectivity index (χ3v) is 11.9. The van der Waals surface area contributed by atoms with E-state index < -0.39 is 24.0 Å². The third-order valence-electron chi connectivity index (χ3n) is 11.9. The number of carbonyl (C=O) groups excluding carboxylic acids is 2. The van der Waals surface area contributed by atoms with Crippen LogP contribution in [-0.4, -0.2) is 96.7 Å². The van der Waals surface area contributed by atoms with Crippen LogP contribution in [0.5, 0.6) is 0 Å². The molecule has 5 fully saturated rings. The molecule has 6 atom stereocenters. The molecule has 2 amide bonds. The third kappa shape index (κ3) is 8.53. The van der Waals surface area contributed by atoms with E-state index in [-0.39, 0.29) is 12.1 Å². The van der Waals surface area contributed by atoms with Crippen molar-refractivity contribution in [3.63, 3.8) is 0 Å². The van der Waals surface area contributed by atoms with Gasteiger partial charge in [0.15, 0.2) is 0 Å². The average molecular weight is 663 g/mol. The largest absolute Gasteiger partial charge is 0.449 e. The summed E-state index contributed by atoms with van der Waals surface area (Å²) in [5.41, 5.74) is 3.29. The molecule has 0 aromatic heterocycles. The van der Waals surface area contributed by atoms with Gasteiger partial charge in [0, 0.05) is 19.6 Å². The Morgan fingerprint density at radius 2 is 1.79 bits per heavy atom. The van der Waals surface area contributed by atoms with Crippen LogP contribution in [0.15, 0.2) is 18.2 Å². The number of benzene rings is 1. The topological polar surface area (TPSA) is 110 Å². The van der Waals surface area contributed by atoms with Gasteiger partial charge in [-0.3, -0.25) is 15.0 Å². The monoisotopic (exact) mass is 662 g/mol. The molecule has 48 heavy (non-hydrogen) atoms. The number of nitriles is 1. The van der Waals surface area contributed by atoms with Gasteiger partial charge in [-0.25, -0.2) is 9.69 Å². The minimum atomic E-state index is -0.849. The Balaban J connectivity index is 0.989. The zero-order valence-corrected chi connectivity index (χ0v) is 29.6. The quantitative estimate of drug-likeness (QED) is 0.316. The molecule has 0 radical (unpaired) electrons. The fourth-order valence-electron chi connectivity index (χ4n) is 9.40. The van der Waals surface area contributed by atoms with E-state index in [9.17, 15) is 14.9 Å². The van der Waals surface area contributed by atoms with Crippen LogP contribution in [-0.2, 0) is 20.7 Å². The number of alkyl carbamates (subject to hydrolysis) is 1. The van der Waals surface area contributed by atoms with Crippen LogP contribution >= 0.6 is 0 Å². The number of aryl methyl sites for hydroxylation is 2. The van der Waals surface area contributed by atoms with Gasteiger partial charge >= 0.3 is 6.09 Å². The highest BCUT2D eigenvalue weighted by Crippen LogP contribution is 2.45. The highest BCUT2D eigenvalue weighted by Gasteiger charge is 2.50. The number of carbonyl (C=O) groups is 2. The zero-order chi connectivity index (χ0) is 33.7. The van der Waals surface area contributed by atoms with Crippen molar-refractivity contribution in [3.8, 4) is 6.07 Å². The molecule has 3 heterocycles. The molecule has 5 aliphatic rings. The van der Waals surface area contributed by atoms with Gasteiger partial charge in [-0.2, -0.15) is 5.26 Å². The molecular weight excluding hydrogens is 604 g/mol. The summed E-state index contributed by atoms with van der Waals surface area (Å²) in [4.78, 5) is 33.3. The fraction of sp³-hybridized carbons (Fsp3) is 0.763. The number of rotatable bonds is 11. The maximum atomic E-state index is 13.9. The van der Waals surface area contributed by atoms with Crippen molar-refractivity contribution >= 4 is 12.0 Å². The molecular formula is C38H58N6O4. The maximum Gasteiger partial charge on any atom is 0.409 e. The summed E-state index contributed by atoms with van der Waals surface area (Å²) in [6.07, 6.45) is 11.7. The van der Waals surface area contributed by atoms with Gasteiger partial charge in [-0.15, -0.1) is 0 Å². The Bertz CT molecular complexity index is 1280. The number of nitrogens with one attached hydrogen (secondary N) is 2. The van der Waals surface area contributed by atoms with Crippen molar-refractivity contribution in [2.24, 2.45) is 17.8 Å². The lowest BCUT2D eigenvalue weighted by atomic mass is 9.73. The lowest BCUT2D eigenvalue weighted by molar-refractivity contribution is -0.134. The first-order valence-electron chi connectivity index (χ1n) is 18.8. The molecule has 2 bridgehead atoms. The van der Waals surface area contributed by atoms with Crippen molar-refractivity contribution in [2.75, 3.05) is 45.9 Å². The number of ether oxygens (including phenoxy) is 2. The number of likely N-dealkylation sites (tertiary alicyclic amines) is 1. The second-order valence-corrected chi connectivity index (χ2v) is 15.5. The van der Waals surface area contributed by atoms with Crippen LogP contribution in [0.1, 0.15) is 94.2 Å². The number of amides is 2. The lowest BCUT2D eigenvalue weighted by Crippen LogP contribution is -2.60. The van der Waals surface area contributed by atoms with Gasteiger partial charge in [-0.05, 0) is 128 Å². The molecule has 10 nitrogen and oxygen atoms in total. The summed E-state index contributed by atoms with van der Waals surface area (Å²) < 4.78 is 11.6. The summed E-state index contributed by atoms with van der Waals surface area (Å²) in [7, 11) is 0. The fourth-order valence-corrected chi connectivity index (χ4v) is 9.40. The van der Waals surface area contributed by atoms with Gasteiger partial charge in [0.25, 0.3) is 0 Å².